The number of carbonyl (C=O) groups is 1. The van der Waals surface area contributed by atoms with Gasteiger partial charge < -0.3 is 5.32 Å². The van der Waals surface area contributed by atoms with Crippen LogP contribution in [0.25, 0.3) is 11.3 Å². The van der Waals surface area contributed by atoms with Crippen molar-refractivity contribution in [2.24, 2.45) is 0 Å². The van der Waals surface area contributed by atoms with Crippen LogP contribution in [0.15, 0.2) is 36.4 Å². The van der Waals surface area contributed by atoms with Crippen molar-refractivity contribution in [2.45, 2.75) is 84.1 Å². The largest absolute Gasteiger partial charge is 0.308 e. The molecule has 1 aromatic carbocycles. The highest BCUT2D eigenvalue weighted by molar-refractivity contribution is 7.89. The van der Waals surface area contributed by atoms with Crippen LogP contribution in [0, 0.1) is 0 Å². The Kier molecular flexibility index (Phi) is 11.5. The van der Waals surface area contributed by atoms with Crippen LogP contribution >= 0.6 is 0 Å². The molecule has 8 heteroatoms. The molecule has 1 atom stereocenters. The molecule has 0 fully saturated rings. The van der Waals surface area contributed by atoms with Crippen LogP contribution in [0.5, 0.6) is 0 Å². The molecule has 0 saturated carbocycles. The van der Waals surface area contributed by atoms with E-state index in [0.29, 0.717) is 25.1 Å². The molecule has 0 bridgehead atoms. The number of aromatic amines is 1. The van der Waals surface area contributed by atoms with E-state index in [2.05, 4.69) is 27.2 Å². The van der Waals surface area contributed by atoms with E-state index in [1.807, 2.05) is 37.3 Å². The summed E-state index contributed by atoms with van der Waals surface area (Å²) in [5.74, 6) is 0.0328. The third-order valence-electron chi connectivity index (χ3n) is 5.40. The minimum absolute atomic E-state index is 0.0516. The van der Waals surface area contributed by atoms with Crippen LogP contribution in [0.1, 0.15) is 78.1 Å². The number of H-pyrrole nitrogens is 1. The molecule has 0 aliphatic heterocycles. The standard InChI is InChI=1S/C24H38N4O3S/c1-3-5-6-7-8-9-10-14-18-32(30,31)28-21(15-4-2)24(29)25-23-19-22(26-27-23)20-16-12-11-13-17-20/h11-13,16-17,19,21,28H,3-10,14-15,18H2,1-2H3,(H2,25,26,27,29). The fourth-order valence-electron chi connectivity index (χ4n) is 3.60. The number of aromatic nitrogens is 2. The minimum atomic E-state index is -3.52. The van der Waals surface area contributed by atoms with E-state index in [1.54, 1.807) is 6.07 Å². The Morgan fingerprint density at radius 2 is 1.62 bits per heavy atom. The zero-order valence-electron chi connectivity index (χ0n) is 19.4. The number of nitrogens with one attached hydrogen (secondary N) is 3. The van der Waals surface area contributed by atoms with Crippen molar-refractivity contribution >= 4 is 21.7 Å². The van der Waals surface area contributed by atoms with Crippen LogP contribution in [0.4, 0.5) is 5.82 Å². The summed E-state index contributed by atoms with van der Waals surface area (Å²) < 4.78 is 27.6. The molecule has 0 aliphatic rings. The molecule has 2 aromatic rings. The predicted octanol–water partition coefficient (Wildman–Crippen LogP) is 5.24. The predicted molar refractivity (Wildman–Crippen MR) is 131 cm³/mol. The second-order valence-electron chi connectivity index (χ2n) is 8.27. The summed E-state index contributed by atoms with van der Waals surface area (Å²) in [5, 5.41) is 9.77. The average Bonchev–Trinajstić information content (AvgIpc) is 3.24. The lowest BCUT2D eigenvalue weighted by Gasteiger charge is -2.17. The molecule has 0 aliphatic carbocycles. The Bertz CT molecular complexity index is 897. The zero-order valence-corrected chi connectivity index (χ0v) is 20.2. The number of rotatable bonds is 16. The molecule has 178 valence electrons. The van der Waals surface area contributed by atoms with E-state index in [9.17, 15) is 13.2 Å². The summed E-state index contributed by atoms with van der Waals surface area (Å²) in [5.41, 5.74) is 1.74. The van der Waals surface area contributed by atoms with Gasteiger partial charge in [0, 0.05) is 6.07 Å². The van der Waals surface area contributed by atoms with Crippen LogP contribution in [0.2, 0.25) is 0 Å². The molecular weight excluding hydrogens is 424 g/mol. The lowest BCUT2D eigenvalue weighted by molar-refractivity contribution is -0.117. The Balaban J connectivity index is 1.82. The fraction of sp³-hybridized carbons (Fsp3) is 0.583. The highest BCUT2D eigenvalue weighted by Crippen LogP contribution is 2.19. The number of sulfonamides is 1. The maximum Gasteiger partial charge on any atom is 0.243 e. The van der Waals surface area contributed by atoms with Crippen LogP contribution in [0.3, 0.4) is 0 Å². The quantitative estimate of drug-likeness (QED) is 0.297. The summed E-state index contributed by atoms with van der Waals surface area (Å²) in [6.45, 7) is 4.12. The molecule has 3 N–H and O–H groups in total. The molecule has 1 heterocycles. The monoisotopic (exact) mass is 462 g/mol. The van der Waals surface area contributed by atoms with Gasteiger partial charge in [0.25, 0.3) is 0 Å². The first-order valence-electron chi connectivity index (χ1n) is 11.9. The third kappa shape index (κ3) is 9.53. The summed E-state index contributed by atoms with van der Waals surface area (Å²) in [6, 6.07) is 10.6. The lowest BCUT2D eigenvalue weighted by atomic mass is 10.1. The number of unbranched alkanes of at least 4 members (excludes halogenated alkanes) is 7. The topological polar surface area (TPSA) is 104 Å². The van der Waals surface area contributed by atoms with Crippen LogP contribution in [-0.2, 0) is 14.8 Å². The van der Waals surface area contributed by atoms with E-state index in [-0.39, 0.29) is 5.75 Å². The van der Waals surface area contributed by atoms with Crippen molar-refractivity contribution in [1.82, 2.24) is 14.9 Å². The smallest absolute Gasteiger partial charge is 0.243 e. The fourth-order valence-corrected chi connectivity index (χ4v) is 4.96. The van der Waals surface area contributed by atoms with E-state index in [4.69, 9.17) is 0 Å². The Morgan fingerprint density at radius 3 is 2.28 bits per heavy atom. The van der Waals surface area contributed by atoms with E-state index in [1.165, 1.54) is 25.7 Å². The molecule has 1 aromatic heterocycles. The van der Waals surface area contributed by atoms with Gasteiger partial charge in [0.1, 0.15) is 6.04 Å². The van der Waals surface area contributed by atoms with Gasteiger partial charge in [0.2, 0.25) is 15.9 Å². The summed E-state index contributed by atoms with van der Waals surface area (Å²) in [6.07, 6.45) is 9.81. The SMILES string of the molecule is CCCCCCCCCCS(=O)(=O)NC(CCC)C(=O)Nc1cc(-c2ccccc2)[nH]n1. The first-order chi connectivity index (χ1) is 15.4. The van der Waals surface area contributed by atoms with Crippen molar-refractivity contribution < 1.29 is 13.2 Å². The number of amides is 1. The van der Waals surface area contributed by atoms with Crippen molar-refractivity contribution in [3.63, 3.8) is 0 Å². The van der Waals surface area contributed by atoms with E-state index < -0.39 is 22.0 Å². The van der Waals surface area contributed by atoms with Crippen molar-refractivity contribution in [1.29, 1.82) is 0 Å². The number of hydrogen-bond donors (Lipinski definition) is 3. The van der Waals surface area contributed by atoms with Gasteiger partial charge >= 0.3 is 0 Å². The molecule has 32 heavy (non-hydrogen) atoms. The van der Waals surface area contributed by atoms with Gasteiger partial charge in [0.05, 0.1) is 11.4 Å². The molecular formula is C24H38N4O3S. The third-order valence-corrected chi connectivity index (χ3v) is 6.87. The summed E-state index contributed by atoms with van der Waals surface area (Å²) in [7, 11) is -3.52. The Hall–Kier alpha value is -2.19. The Morgan fingerprint density at radius 1 is 0.969 bits per heavy atom. The van der Waals surface area contributed by atoms with Gasteiger partial charge in [-0.3, -0.25) is 9.89 Å². The van der Waals surface area contributed by atoms with Gasteiger partial charge in [-0.1, -0.05) is 95.5 Å². The normalized spacial score (nSPS) is 12.6. The zero-order chi connectivity index (χ0) is 23.2. The maximum atomic E-state index is 12.7. The highest BCUT2D eigenvalue weighted by atomic mass is 32.2. The van der Waals surface area contributed by atoms with Gasteiger partial charge in [-0.05, 0) is 18.4 Å². The van der Waals surface area contributed by atoms with Gasteiger partial charge in [0.15, 0.2) is 5.82 Å². The number of hydrogen-bond acceptors (Lipinski definition) is 4. The van der Waals surface area contributed by atoms with Gasteiger partial charge in [-0.15, -0.1) is 0 Å². The van der Waals surface area contributed by atoms with Crippen molar-refractivity contribution in [3.8, 4) is 11.3 Å². The van der Waals surface area contributed by atoms with Crippen molar-refractivity contribution in [3.05, 3.63) is 36.4 Å². The van der Waals surface area contributed by atoms with E-state index >= 15 is 0 Å². The second-order valence-corrected chi connectivity index (χ2v) is 10.1. The first kappa shape index (κ1) is 26.1. The van der Waals surface area contributed by atoms with Gasteiger partial charge in [-0.2, -0.15) is 5.10 Å². The summed E-state index contributed by atoms with van der Waals surface area (Å²) in [4.78, 5) is 12.7. The first-order valence-corrected chi connectivity index (χ1v) is 13.5. The number of nitrogens with zero attached hydrogens (tertiary/aromatic N) is 1. The molecule has 0 spiro atoms. The number of carbonyl (C=O) groups excluding carboxylic acids is 1. The molecule has 2 rings (SSSR count). The highest BCUT2D eigenvalue weighted by Gasteiger charge is 2.24. The molecule has 7 nitrogen and oxygen atoms in total. The molecule has 1 unspecified atom stereocenters. The molecule has 1 amide bonds. The average molecular weight is 463 g/mol. The molecule has 0 radical (unpaired) electrons. The number of benzene rings is 1. The van der Waals surface area contributed by atoms with E-state index in [0.717, 1.165) is 30.5 Å². The lowest BCUT2D eigenvalue weighted by Crippen LogP contribution is -2.44. The molecule has 0 saturated heterocycles. The maximum absolute atomic E-state index is 12.7. The van der Waals surface area contributed by atoms with Crippen LogP contribution in [-0.4, -0.2) is 36.3 Å². The van der Waals surface area contributed by atoms with Crippen molar-refractivity contribution in [2.75, 3.05) is 11.1 Å². The second kappa shape index (κ2) is 14.1. The van der Waals surface area contributed by atoms with Gasteiger partial charge in [-0.25, -0.2) is 13.1 Å². The van der Waals surface area contributed by atoms with Crippen LogP contribution < -0.4 is 10.0 Å². The summed E-state index contributed by atoms with van der Waals surface area (Å²) >= 11 is 0. The Labute approximate surface area is 192 Å². The minimum Gasteiger partial charge on any atom is -0.308 e. The number of anilines is 1.